The number of halogens is 1. The highest BCUT2D eigenvalue weighted by atomic mass is 35.5. The summed E-state index contributed by atoms with van der Waals surface area (Å²) >= 11 is 6.40. The fourth-order valence-corrected chi connectivity index (χ4v) is 4.38. The highest BCUT2D eigenvalue weighted by molar-refractivity contribution is 6.32. The molecular weight excluding hydrogens is 376 g/mol. The van der Waals surface area contributed by atoms with Crippen LogP contribution >= 0.6 is 11.6 Å². The number of rotatable bonds is 4. The van der Waals surface area contributed by atoms with Crippen LogP contribution in [-0.4, -0.2) is 40.5 Å². The second kappa shape index (κ2) is 7.91. The molecule has 0 bridgehead atoms. The lowest BCUT2D eigenvalue weighted by Crippen LogP contribution is -2.39. The van der Waals surface area contributed by atoms with Gasteiger partial charge in [-0.05, 0) is 30.7 Å². The first-order chi connectivity index (χ1) is 13.5. The van der Waals surface area contributed by atoms with Crippen LogP contribution in [-0.2, 0) is 4.79 Å². The number of anilines is 4. The van der Waals surface area contributed by atoms with Gasteiger partial charge < -0.3 is 15.1 Å². The molecule has 2 unspecified atom stereocenters. The summed E-state index contributed by atoms with van der Waals surface area (Å²) in [7, 11) is 0. The first kappa shape index (κ1) is 18.9. The summed E-state index contributed by atoms with van der Waals surface area (Å²) in [4.78, 5) is 29.2. The van der Waals surface area contributed by atoms with Crippen LogP contribution in [0.4, 0.5) is 23.1 Å². The molecule has 0 aliphatic carbocycles. The largest absolute Gasteiger partial charge is 0.355 e. The predicted octanol–water partition coefficient (Wildman–Crippen LogP) is 3.88. The highest BCUT2D eigenvalue weighted by Crippen LogP contribution is 2.31. The number of aromatic nitrogens is 3. The van der Waals surface area contributed by atoms with Gasteiger partial charge in [0.2, 0.25) is 11.9 Å². The van der Waals surface area contributed by atoms with Gasteiger partial charge in [0, 0.05) is 26.1 Å². The molecule has 4 heterocycles. The minimum absolute atomic E-state index is 0.136. The van der Waals surface area contributed by atoms with Gasteiger partial charge in [-0.25, -0.2) is 4.98 Å². The third-order valence-corrected chi connectivity index (χ3v) is 5.53. The van der Waals surface area contributed by atoms with Gasteiger partial charge in [-0.1, -0.05) is 25.4 Å². The zero-order valence-corrected chi connectivity index (χ0v) is 17.0. The van der Waals surface area contributed by atoms with Gasteiger partial charge in [0.25, 0.3) is 0 Å². The number of nitrogens with one attached hydrogen (secondary N) is 1. The van der Waals surface area contributed by atoms with Crippen LogP contribution in [0.25, 0.3) is 0 Å². The fourth-order valence-electron chi connectivity index (χ4n) is 4.17. The molecule has 4 rings (SSSR count). The normalized spacial score (nSPS) is 22.6. The van der Waals surface area contributed by atoms with E-state index in [1.807, 2.05) is 6.07 Å². The van der Waals surface area contributed by atoms with E-state index < -0.39 is 0 Å². The van der Waals surface area contributed by atoms with E-state index in [4.69, 9.17) is 11.6 Å². The summed E-state index contributed by atoms with van der Waals surface area (Å²) in [5.74, 6) is 2.57. The van der Waals surface area contributed by atoms with Crippen LogP contribution in [0.1, 0.15) is 33.1 Å². The monoisotopic (exact) mass is 400 g/mol. The Kier molecular flexibility index (Phi) is 5.35. The number of hydrogen-bond donors (Lipinski definition) is 1. The smallest absolute Gasteiger partial charge is 0.229 e. The van der Waals surface area contributed by atoms with E-state index in [1.165, 1.54) is 6.42 Å². The van der Waals surface area contributed by atoms with Crippen molar-refractivity contribution in [2.75, 3.05) is 34.8 Å². The Morgan fingerprint density at radius 1 is 1.18 bits per heavy atom. The van der Waals surface area contributed by atoms with Crippen molar-refractivity contribution in [2.45, 2.75) is 33.1 Å². The minimum atomic E-state index is 0.136. The maximum atomic E-state index is 12.0. The van der Waals surface area contributed by atoms with Crippen molar-refractivity contribution in [2.24, 2.45) is 11.8 Å². The van der Waals surface area contributed by atoms with Crippen molar-refractivity contribution in [3.05, 3.63) is 29.7 Å². The summed E-state index contributed by atoms with van der Waals surface area (Å²) in [6, 6.07) is 1.90. The molecule has 0 saturated carbocycles. The summed E-state index contributed by atoms with van der Waals surface area (Å²) in [5.41, 5.74) is 1.53. The molecule has 2 aromatic heterocycles. The van der Waals surface area contributed by atoms with Crippen LogP contribution in [0.2, 0.25) is 5.02 Å². The summed E-state index contributed by atoms with van der Waals surface area (Å²) < 4.78 is 0. The van der Waals surface area contributed by atoms with Gasteiger partial charge in [0.1, 0.15) is 5.02 Å². The lowest BCUT2D eigenvalue weighted by atomic mass is 9.92. The first-order valence-corrected chi connectivity index (χ1v) is 10.2. The van der Waals surface area contributed by atoms with E-state index in [-0.39, 0.29) is 5.91 Å². The van der Waals surface area contributed by atoms with Crippen molar-refractivity contribution in [3.63, 3.8) is 0 Å². The highest BCUT2D eigenvalue weighted by Gasteiger charge is 2.25. The van der Waals surface area contributed by atoms with E-state index in [1.54, 1.807) is 23.5 Å². The Morgan fingerprint density at radius 2 is 1.96 bits per heavy atom. The topological polar surface area (TPSA) is 74.2 Å². The van der Waals surface area contributed by atoms with Gasteiger partial charge in [-0.3, -0.25) is 9.78 Å². The molecule has 1 N–H and O–H groups in total. The number of amides is 1. The summed E-state index contributed by atoms with van der Waals surface area (Å²) in [6.07, 6.45) is 7.74. The van der Waals surface area contributed by atoms with Gasteiger partial charge in [0.15, 0.2) is 5.82 Å². The Balaban J connectivity index is 1.55. The molecule has 0 radical (unpaired) electrons. The molecule has 2 fully saturated rings. The maximum Gasteiger partial charge on any atom is 0.229 e. The number of carbonyl (C=O) groups excluding carboxylic acids is 1. The molecule has 7 nitrogen and oxygen atoms in total. The van der Waals surface area contributed by atoms with Crippen LogP contribution < -0.4 is 15.1 Å². The van der Waals surface area contributed by atoms with Crippen molar-refractivity contribution in [1.29, 1.82) is 0 Å². The number of piperidine rings is 1. The van der Waals surface area contributed by atoms with E-state index in [0.717, 1.165) is 43.2 Å². The quantitative estimate of drug-likeness (QED) is 0.839. The van der Waals surface area contributed by atoms with Crippen LogP contribution in [0.5, 0.6) is 0 Å². The standard InChI is InChI=1S/C20H25ClN6O/c1-13-6-14(2)12-26(11-13)19-17(21)10-23-20(25-19)24-15-7-16(9-22-8-15)27-5-3-4-18(27)28/h7-10,13-14H,3-6,11-12H2,1-2H3,(H,23,24,25). The average molecular weight is 401 g/mol. The predicted molar refractivity (Wildman–Crippen MR) is 111 cm³/mol. The van der Waals surface area contributed by atoms with Crippen molar-refractivity contribution in [3.8, 4) is 0 Å². The number of carbonyl (C=O) groups is 1. The summed E-state index contributed by atoms with van der Waals surface area (Å²) in [5, 5.41) is 3.76. The Labute approximate surface area is 170 Å². The van der Waals surface area contributed by atoms with Crippen molar-refractivity contribution in [1.82, 2.24) is 15.0 Å². The SMILES string of the molecule is CC1CC(C)CN(c2nc(Nc3cncc(N4CCCC4=O)c3)ncc2Cl)C1. The molecule has 1 amide bonds. The number of hydrogen-bond acceptors (Lipinski definition) is 6. The molecule has 28 heavy (non-hydrogen) atoms. The Bertz CT molecular complexity index is 866. The van der Waals surface area contributed by atoms with Crippen molar-refractivity contribution < 1.29 is 4.79 Å². The van der Waals surface area contributed by atoms with E-state index in [2.05, 4.69) is 39.0 Å². The average Bonchev–Trinajstić information content (AvgIpc) is 3.09. The zero-order valence-electron chi connectivity index (χ0n) is 16.2. The molecule has 2 atom stereocenters. The van der Waals surface area contributed by atoms with Crippen LogP contribution in [0.15, 0.2) is 24.7 Å². The van der Waals surface area contributed by atoms with Crippen molar-refractivity contribution >= 4 is 40.6 Å². The molecule has 2 aliphatic heterocycles. The minimum Gasteiger partial charge on any atom is -0.355 e. The molecule has 2 aliphatic rings. The molecule has 2 aromatic rings. The van der Waals surface area contributed by atoms with Crippen LogP contribution in [0, 0.1) is 11.8 Å². The zero-order chi connectivity index (χ0) is 19.7. The molecule has 0 aromatic carbocycles. The third kappa shape index (κ3) is 4.04. The number of pyridine rings is 1. The van der Waals surface area contributed by atoms with Gasteiger partial charge in [-0.15, -0.1) is 0 Å². The van der Waals surface area contributed by atoms with E-state index in [0.29, 0.717) is 29.2 Å². The van der Waals surface area contributed by atoms with Gasteiger partial charge in [0.05, 0.1) is 30.0 Å². The lowest BCUT2D eigenvalue weighted by Gasteiger charge is -2.36. The Morgan fingerprint density at radius 3 is 2.68 bits per heavy atom. The Hall–Kier alpha value is -2.41. The van der Waals surface area contributed by atoms with Crippen LogP contribution in [0.3, 0.4) is 0 Å². The van der Waals surface area contributed by atoms with E-state index in [9.17, 15) is 4.79 Å². The third-order valence-electron chi connectivity index (χ3n) is 5.26. The van der Waals surface area contributed by atoms with Gasteiger partial charge >= 0.3 is 0 Å². The molecule has 0 spiro atoms. The second-order valence-corrected chi connectivity index (χ2v) is 8.33. The fraction of sp³-hybridized carbons (Fsp3) is 0.500. The lowest BCUT2D eigenvalue weighted by molar-refractivity contribution is -0.117. The molecule has 8 heteroatoms. The first-order valence-electron chi connectivity index (χ1n) is 9.79. The molecule has 2 saturated heterocycles. The second-order valence-electron chi connectivity index (χ2n) is 7.92. The van der Waals surface area contributed by atoms with Gasteiger partial charge in [-0.2, -0.15) is 4.98 Å². The number of nitrogens with zero attached hydrogens (tertiary/aromatic N) is 5. The summed E-state index contributed by atoms with van der Waals surface area (Å²) in [6.45, 7) is 7.13. The van der Waals surface area contributed by atoms with E-state index >= 15 is 0 Å². The maximum absolute atomic E-state index is 12.0. The molecular formula is C20H25ClN6O. The molecule has 148 valence electrons.